The summed E-state index contributed by atoms with van der Waals surface area (Å²) in [6.45, 7) is 4.37. The molecule has 0 bridgehead atoms. The van der Waals surface area contributed by atoms with Gasteiger partial charge in [-0.2, -0.15) is 0 Å². The highest BCUT2D eigenvalue weighted by atomic mass is 16.6. The number of ether oxygens (including phenoxy) is 1. The molecule has 0 aromatic heterocycles. The largest absolute Gasteiger partial charge is 0.480 e. The van der Waals surface area contributed by atoms with Gasteiger partial charge in [-0.05, 0) is 19.0 Å². The number of rotatable bonds is 5. The van der Waals surface area contributed by atoms with E-state index >= 15 is 0 Å². The molecule has 1 N–H and O–H groups in total. The van der Waals surface area contributed by atoms with Gasteiger partial charge in [0.05, 0.1) is 11.5 Å². The Morgan fingerprint density at radius 3 is 2.67 bits per heavy atom. The third-order valence-corrected chi connectivity index (χ3v) is 5.25. The van der Waals surface area contributed by atoms with Crippen LogP contribution < -0.4 is 0 Å². The van der Waals surface area contributed by atoms with Crippen LogP contribution in [0.15, 0.2) is 24.3 Å². The van der Waals surface area contributed by atoms with Gasteiger partial charge in [-0.3, -0.25) is 19.8 Å². The molecule has 0 saturated carbocycles. The van der Waals surface area contributed by atoms with Gasteiger partial charge in [-0.25, -0.2) is 4.79 Å². The molecule has 0 unspecified atom stereocenters. The fourth-order valence-electron chi connectivity index (χ4n) is 3.89. The number of carbonyl (C=O) groups is 2. The number of nitrogens with zero attached hydrogens (tertiary/aromatic N) is 3. The van der Waals surface area contributed by atoms with Gasteiger partial charge in [0.15, 0.2) is 6.04 Å². The molecule has 1 aromatic carbocycles. The van der Waals surface area contributed by atoms with E-state index in [0.717, 1.165) is 13.0 Å². The third kappa shape index (κ3) is 3.65. The molecule has 9 heteroatoms. The number of nitro benzene ring substituents is 1. The Bertz CT molecular complexity index is 744. The average molecular weight is 377 g/mol. The lowest BCUT2D eigenvalue weighted by Gasteiger charge is -2.44. The molecule has 1 spiro atoms. The van der Waals surface area contributed by atoms with Crippen molar-refractivity contribution in [2.45, 2.75) is 38.0 Å². The first-order chi connectivity index (χ1) is 12.9. The lowest BCUT2D eigenvalue weighted by Crippen LogP contribution is -2.58. The van der Waals surface area contributed by atoms with Crippen molar-refractivity contribution in [3.8, 4) is 0 Å². The second-order valence-corrected chi connectivity index (χ2v) is 6.94. The number of carboxylic acid groups (broad SMARTS) is 1. The Kier molecular flexibility index (Phi) is 5.43. The summed E-state index contributed by atoms with van der Waals surface area (Å²) in [5.74, 6) is -1.69. The number of non-ortho nitro benzene ring substituents is 1. The monoisotopic (exact) mass is 377 g/mol. The number of amides is 1. The zero-order valence-electron chi connectivity index (χ0n) is 15.2. The summed E-state index contributed by atoms with van der Waals surface area (Å²) in [5, 5.41) is 20.6. The smallest absolute Gasteiger partial charge is 0.328 e. The quantitative estimate of drug-likeness (QED) is 0.614. The number of hydrogen-bond acceptors (Lipinski definition) is 6. The Balaban J connectivity index is 1.90. The molecule has 1 atom stereocenters. The Labute approximate surface area is 156 Å². The lowest BCUT2D eigenvalue weighted by molar-refractivity contribution is -0.384. The molecule has 9 nitrogen and oxygen atoms in total. The number of piperidine rings is 1. The normalized spacial score (nSPS) is 22.1. The molecule has 2 fully saturated rings. The van der Waals surface area contributed by atoms with Gasteiger partial charge in [-0.1, -0.05) is 13.0 Å². The summed E-state index contributed by atoms with van der Waals surface area (Å²) in [6, 6.07) is 4.26. The topological polar surface area (TPSA) is 113 Å². The van der Waals surface area contributed by atoms with Crippen molar-refractivity contribution in [3.05, 3.63) is 39.9 Å². The average Bonchev–Trinajstić information content (AvgIpc) is 3.02. The molecule has 2 heterocycles. The molecule has 3 rings (SSSR count). The van der Waals surface area contributed by atoms with Gasteiger partial charge in [0.25, 0.3) is 11.6 Å². The van der Waals surface area contributed by atoms with Crippen molar-refractivity contribution in [3.63, 3.8) is 0 Å². The fraction of sp³-hybridized carbons (Fsp3) is 0.556. The minimum Gasteiger partial charge on any atom is -0.480 e. The minimum absolute atomic E-state index is 0.0796. The molecule has 2 aliphatic heterocycles. The predicted octanol–water partition coefficient (Wildman–Crippen LogP) is 1.72. The molecular weight excluding hydrogens is 354 g/mol. The Morgan fingerprint density at radius 1 is 1.37 bits per heavy atom. The number of carboxylic acids is 1. The summed E-state index contributed by atoms with van der Waals surface area (Å²) in [7, 11) is 0. The van der Waals surface area contributed by atoms with E-state index in [9.17, 15) is 24.8 Å². The molecule has 2 aliphatic rings. The highest BCUT2D eigenvalue weighted by Gasteiger charge is 2.54. The Hall–Kier alpha value is -2.52. The van der Waals surface area contributed by atoms with Gasteiger partial charge in [0, 0.05) is 43.6 Å². The molecule has 146 valence electrons. The highest BCUT2D eigenvalue weighted by molar-refractivity contribution is 5.98. The molecule has 0 radical (unpaired) electrons. The summed E-state index contributed by atoms with van der Waals surface area (Å²) < 4.78 is 5.88. The van der Waals surface area contributed by atoms with E-state index in [4.69, 9.17) is 4.74 Å². The van der Waals surface area contributed by atoms with Crippen LogP contribution >= 0.6 is 0 Å². The highest BCUT2D eigenvalue weighted by Crippen LogP contribution is 2.38. The number of carbonyl (C=O) groups excluding carboxylic acids is 1. The fourth-order valence-corrected chi connectivity index (χ4v) is 3.89. The summed E-state index contributed by atoms with van der Waals surface area (Å²) >= 11 is 0. The van der Waals surface area contributed by atoms with Crippen molar-refractivity contribution in [2.75, 3.05) is 26.2 Å². The van der Waals surface area contributed by atoms with Crippen molar-refractivity contribution >= 4 is 17.6 Å². The maximum atomic E-state index is 13.2. The van der Waals surface area contributed by atoms with Crippen molar-refractivity contribution in [1.82, 2.24) is 9.80 Å². The Morgan fingerprint density at radius 2 is 2.07 bits per heavy atom. The second-order valence-electron chi connectivity index (χ2n) is 6.94. The predicted molar refractivity (Wildman–Crippen MR) is 95.3 cm³/mol. The van der Waals surface area contributed by atoms with Crippen LogP contribution in [-0.4, -0.2) is 69.7 Å². The SMILES string of the molecule is CCCN1CCC2(CC1)OC[C@@H](C(=O)O)N2C(=O)c1cccc([N+](=O)[O-])c1. The van der Waals surface area contributed by atoms with E-state index in [-0.39, 0.29) is 17.9 Å². The number of nitro groups is 1. The first-order valence-corrected chi connectivity index (χ1v) is 9.05. The van der Waals surface area contributed by atoms with Crippen LogP contribution in [0.5, 0.6) is 0 Å². The van der Waals surface area contributed by atoms with Gasteiger partial charge < -0.3 is 14.7 Å². The van der Waals surface area contributed by atoms with Crippen molar-refractivity contribution in [2.24, 2.45) is 0 Å². The van der Waals surface area contributed by atoms with Gasteiger partial charge >= 0.3 is 5.97 Å². The van der Waals surface area contributed by atoms with Crippen molar-refractivity contribution < 1.29 is 24.4 Å². The van der Waals surface area contributed by atoms with E-state index in [1.807, 2.05) is 0 Å². The number of hydrogen-bond donors (Lipinski definition) is 1. The standard InChI is InChI=1S/C18H23N3O6/c1-2-8-19-9-6-18(7-10-19)20(15(12-27-18)17(23)24)16(22)13-4-3-5-14(11-13)21(25)26/h3-5,11,15H,2,6-10,12H2,1H3,(H,23,24)/t15-/m0/s1. The van der Waals surface area contributed by atoms with Gasteiger partial charge in [0.1, 0.15) is 5.72 Å². The second kappa shape index (κ2) is 7.61. The van der Waals surface area contributed by atoms with Crippen LogP contribution in [0, 0.1) is 10.1 Å². The van der Waals surface area contributed by atoms with Crippen molar-refractivity contribution in [1.29, 1.82) is 0 Å². The minimum atomic E-state index is -1.14. The van der Waals surface area contributed by atoms with Crippen LogP contribution in [0.2, 0.25) is 0 Å². The molecule has 0 aliphatic carbocycles. The molecule has 2 saturated heterocycles. The zero-order valence-corrected chi connectivity index (χ0v) is 15.2. The van der Waals surface area contributed by atoms with Crippen LogP contribution in [0.3, 0.4) is 0 Å². The van der Waals surface area contributed by atoms with Crippen LogP contribution in [0.1, 0.15) is 36.5 Å². The maximum absolute atomic E-state index is 13.2. The van der Waals surface area contributed by atoms with E-state index in [0.29, 0.717) is 25.9 Å². The van der Waals surface area contributed by atoms with E-state index in [1.54, 1.807) is 0 Å². The van der Waals surface area contributed by atoms with E-state index < -0.39 is 28.6 Å². The number of aliphatic carboxylic acids is 1. The summed E-state index contributed by atoms with van der Waals surface area (Å²) in [6.07, 6.45) is 2.04. The van der Waals surface area contributed by atoms with Crippen LogP contribution in [0.4, 0.5) is 5.69 Å². The third-order valence-electron chi connectivity index (χ3n) is 5.25. The van der Waals surface area contributed by atoms with E-state index in [2.05, 4.69) is 11.8 Å². The summed E-state index contributed by atoms with van der Waals surface area (Å²) in [4.78, 5) is 38.9. The molecule has 27 heavy (non-hydrogen) atoms. The zero-order chi connectivity index (χ0) is 19.6. The summed E-state index contributed by atoms with van der Waals surface area (Å²) in [5.41, 5.74) is -1.09. The lowest BCUT2D eigenvalue weighted by atomic mass is 9.96. The maximum Gasteiger partial charge on any atom is 0.328 e. The van der Waals surface area contributed by atoms with Gasteiger partial charge in [0.2, 0.25) is 0 Å². The molecule has 1 aromatic rings. The first kappa shape index (κ1) is 19.2. The van der Waals surface area contributed by atoms with Crippen LogP contribution in [-0.2, 0) is 9.53 Å². The van der Waals surface area contributed by atoms with Gasteiger partial charge in [-0.15, -0.1) is 0 Å². The molecule has 1 amide bonds. The van der Waals surface area contributed by atoms with Crippen LogP contribution in [0.25, 0.3) is 0 Å². The number of likely N-dealkylation sites (tertiary alicyclic amines) is 1. The number of benzene rings is 1. The first-order valence-electron chi connectivity index (χ1n) is 9.05. The van der Waals surface area contributed by atoms with E-state index in [1.165, 1.54) is 29.2 Å². The molecular formula is C18H23N3O6.